The van der Waals surface area contributed by atoms with E-state index in [1.165, 1.54) is 11.8 Å². The van der Waals surface area contributed by atoms with Crippen molar-refractivity contribution in [1.82, 2.24) is 5.16 Å². The minimum absolute atomic E-state index is 0.145. The minimum Gasteiger partial charge on any atom is -0.360 e. The van der Waals surface area contributed by atoms with E-state index in [1.54, 1.807) is 19.9 Å². The highest BCUT2D eigenvalue weighted by Gasteiger charge is 2.16. The maximum absolute atomic E-state index is 11.9. The molecule has 6 nitrogen and oxygen atoms in total. The smallest absolute Gasteiger partial charge is 0.238 e. The van der Waals surface area contributed by atoms with E-state index in [0.29, 0.717) is 11.6 Å². The fraction of sp³-hybridized carbons (Fsp3) is 0.267. The van der Waals surface area contributed by atoms with Crippen LogP contribution in [0.4, 0.5) is 11.5 Å². The molecule has 22 heavy (non-hydrogen) atoms. The van der Waals surface area contributed by atoms with Gasteiger partial charge in [0, 0.05) is 11.8 Å². The van der Waals surface area contributed by atoms with Crippen LogP contribution in [-0.2, 0) is 9.59 Å². The number of aryl methyl sites for hydroxylation is 1. The average Bonchev–Trinajstić information content (AvgIpc) is 2.91. The fourth-order valence-corrected chi connectivity index (χ4v) is 2.33. The molecule has 0 aliphatic carbocycles. The zero-order chi connectivity index (χ0) is 15.9. The van der Waals surface area contributed by atoms with Gasteiger partial charge in [-0.25, -0.2) is 0 Å². The summed E-state index contributed by atoms with van der Waals surface area (Å²) in [5.41, 5.74) is 0.739. The van der Waals surface area contributed by atoms with Crippen LogP contribution in [0.25, 0.3) is 0 Å². The molecule has 2 aromatic rings. The molecule has 2 N–H and O–H groups in total. The molecular weight excluding hydrogens is 302 g/mol. The van der Waals surface area contributed by atoms with Crippen LogP contribution < -0.4 is 10.6 Å². The molecule has 0 bridgehead atoms. The van der Waals surface area contributed by atoms with Gasteiger partial charge in [-0.1, -0.05) is 23.4 Å². The number of rotatable bonds is 6. The first kappa shape index (κ1) is 16.1. The van der Waals surface area contributed by atoms with Gasteiger partial charge in [-0.3, -0.25) is 9.59 Å². The van der Waals surface area contributed by atoms with Gasteiger partial charge in [-0.2, -0.15) is 0 Å². The van der Waals surface area contributed by atoms with Crippen molar-refractivity contribution in [2.45, 2.75) is 19.1 Å². The molecule has 2 amide bonds. The summed E-state index contributed by atoms with van der Waals surface area (Å²) in [7, 11) is 0. The Morgan fingerprint density at radius 1 is 1.27 bits per heavy atom. The molecule has 0 spiro atoms. The number of anilines is 2. The number of aromatic nitrogens is 1. The summed E-state index contributed by atoms with van der Waals surface area (Å²) in [6.07, 6.45) is 0. The first-order valence-corrected chi connectivity index (χ1v) is 7.80. The van der Waals surface area contributed by atoms with Crippen molar-refractivity contribution in [3.05, 3.63) is 42.2 Å². The molecular formula is C15H17N3O3S. The van der Waals surface area contributed by atoms with Crippen molar-refractivity contribution >= 4 is 35.1 Å². The number of nitrogens with one attached hydrogen (secondary N) is 2. The molecule has 7 heteroatoms. The number of benzene rings is 1. The summed E-state index contributed by atoms with van der Waals surface area (Å²) >= 11 is 1.26. The highest BCUT2D eigenvalue weighted by Crippen LogP contribution is 2.15. The molecule has 0 aliphatic heterocycles. The first-order chi connectivity index (χ1) is 10.5. The van der Waals surface area contributed by atoms with E-state index in [4.69, 9.17) is 4.52 Å². The second kappa shape index (κ2) is 7.65. The van der Waals surface area contributed by atoms with Crippen molar-refractivity contribution in [2.75, 3.05) is 16.4 Å². The number of thioether (sulfide) groups is 1. The topological polar surface area (TPSA) is 84.2 Å². The molecule has 2 rings (SSSR count). The summed E-state index contributed by atoms with van der Waals surface area (Å²) in [6.45, 7) is 3.48. The number of hydrogen-bond donors (Lipinski definition) is 2. The Kier molecular flexibility index (Phi) is 5.60. The highest BCUT2D eigenvalue weighted by molar-refractivity contribution is 8.01. The van der Waals surface area contributed by atoms with Gasteiger partial charge in [0.25, 0.3) is 0 Å². The second-order valence-corrected chi connectivity index (χ2v) is 6.01. The predicted molar refractivity (Wildman–Crippen MR) is 86.9 cm³/mol. The van der Waals surface area contributed by atoms with Crippen LogP contribution in [0.2, 0.25) is 0 Å². The lowest BCUT2D eigenvalue weighted by atomic mass is 10.3. The number of hydrogen-bond acceptors (Lipinski definition) is 5. The molecule has 0 radical (unpaired) electrons. The Morgan fingerprint density at radius 3 is 2.64 bits per heavy atom. The van der Waals surface area contributed by atoms with Crippen molar-refractivity contribution in [3.8, 4) is 0 Å². The van der Waals surface area contributed by atoms with Gasteiger partial charge in [0.2, 0.25) is 11.8 Å². The Hall–Kier alpha value is -2.28. The average molecular weight is 319 g/mol. The van der Waals surface area contributed by atoms with Gasteiger partial charge in [0.15, 0.2) is 5.82 Å². The van der Waals surface area contributed by atoms with Crippen LogP contribution in [0, 0.1) is 6.92 Å². The van der Waals surface area contributed by atoms with Crippen molar-refractivity contribution in [2.24, 2.45) is 0 Å². The summed E-state index contributed by atoms with van der Waals surface area (Å²) < 4.78 is 4.87. The highest BCUT2D eigenvalue weighted by atomic mass is 32.2. The van der Waals surface area contributed by atoms with Gasteiger partial charge in [0.1, 0.15) is 5.76 Å². The molecule has 0 aliphatic rings. The van der Waals surface area contributed by atoms with Gasteiger partial charge in [-0.15, -0.1) is 11.8 Å². The van der Waals surface area contributed by atoms with Crippen LogP contribution in [-0.4, -0.2) is 28.0 Å². The molecule has 1 aromatic carbocycles. The number of nitrogens with zero attached hydrogens (tertiary/aromatic N) is 1. The Morgan fingerprint density at radius 2 is 2.00 bits per heavy atom. The van der Waals surface area contributed by atoms with Crippen LogP contribution >= 0.6 is 11.8 Å². The first-order valence-electron chi connectivity index (χ1n) is 6.75. The van der Waals surface area contributed by atoms with Crippen LogP contribution in [0.5, 0.6) is 0 Å². The molecule has 116 valence electrons. The molecule has 0 fully saturated rings. The van der Waals surface area contributed by atoms with E-state index < -0.39 is 0 Å². The molecule has 1 aromatic heterocycles. The predicted octanol–water partition coefficient (Wildman–Crippen LogP) is 2.68. The molecule has 1 heterocycles. The third-order valence-corrected chi connectivity index (χ3v) is 3.91. The van der Waals surface area contributed by atoms with Crippen molar-refractivity contribution < 1.29 is 14.1 Å². The zero-order valence-electron chi connectivity index (χ0n) is 12.3. The van der Waals surface area contributed by atoms with Crippen LogP contribution in [0.3, 0.4) is 0 Å². The normalized spacial score (nSPS) is 11.7. The van der Waals surface area contributed by atoms with E-state index in [1.807, 2.05) is 30.3 Å². The third-order valence-electron chi connectivity index (χ3n) is 2.77. The molecule has 0 saturated carbocycles. The zero-order valence-corrected chi connectivity index (χ0v) is 13.1. The summed E-state index contributed by atoms with van der Waals surface area (Å²) in [5.74, 6) is 0.835. The SMILES string of the molecule is Cc1cc(NC(=O)[C@H](C)SCC(=O)Nc2ccccc2)no1. The van der Waals surface area contributed by atoms with E-state index in [2.05, 4.69) is 15.8 Å². The summed E-state index contributed by atoms with van der Waals surface area (Å²) in [5, 5.41) is 8.73. The van der Waals surface area contributed by atoms with E-state index in [0.717, 1.165) is 5.69 Å². The fourth-order valence-electron chi connectivity index (χ4n) is 1.65. The third kappa shape index (κ3) is 4.92. The van der Waals surface area contributed by atoms with Crippen LogP contribution in [0.15, 0.2) is 40.9 Å². The summed E-state index contributed by atoms with van der Waals surface area (Å²) in [4.78, 5) is 23.8. The Labute approximate surface area is 132 Å². The van der Waals surface area contributed by atoms with Gasteiger partial charge in [0.05, 0.1) is 11.0 Å². The van der Waals surface area contributed by atoms with E-state index in [-0.39, 0.29) is 22.8 Å². The van der Waals surface area contributed by atoms with Gasteiger partial charge >= 0.3 is 0 Å². The number of amides is 2. The molecule has 1 atom stereocenters. The van der Waals surface area contributed by atoms with Crippen molar-refractivity contribution in [3.63, 3.8) is 0 Å². The number of carbonyl (C=O) groups excluding carboxylic acids is 2. The number of para-hydroxylation sites is 1. The quantitative estimate of drug-likeness (QED) is 0.855. The minimum atomic E-state index is -0.376. The maximum Gasteiger partial charge on any atom is 0.238 e. The van der Waals surface area contributed by atoms with E-state index >= 15 is 0 Å². The monoisotopic (exact) mass is 319 g/mol. The lowest BCUT2D eigenvalue weighted by Crippen LogP contribution is -2.25. The Balaban J connectivity index is 1.75. The van der Waals surface area contributed by atoms with Crippen molar-refractivity contribution in [1.29, 1.82) is 0 Å². The van der Waals surface area contributed by atoms with Crippen LogP contribution in [0.1, 0.15) is 12.7 Å². The van der Waals surface area contributed by atoms with Gasteiger partial charge in [-0.05, 0) is 26.0 Å². The maximum atomic E-state index is 11.9. The summed E-state index contributed by atoms with van der Waals surface area (Å²) in [6, 6.07) is 10.8. The van der Waals surface area contributed by atoms with Gasteiger partial charge < -0.3 is 15.2 Å². The standard InChI is InChI=1S/C15H17N3O3S/c1-10-8-13(18-21-10)17-15(20)11(2)22-9-14(19)16-12-6-4-3-5-7-12/h3-8,11H,9H2,1-2H3,(H,16,19)(H,17,18,20)/t11-/m0/s1. The van der Waals surface area contributed by atoms with E-state index in [9.17, 15) is 9.59 Å². The Bertz CT molecular complexity index is 642. The lowest BCUT2D eigenvalue weighted by Gasteiger charge is -2.10. The lowest BCUT2D eigenvalue weighted by molar-refractivity contribution is -0.115. The second-order valence-electron chi connectivity index (χ2n) is 4.68. The molecule has 0 saturated heterocycles. The largest absolute Gasteiger partial charge is 0.360 e. The molecule has 0 unspecified atom stereocenters. The number of carbonyl (C=O) groups is 2.